The van der Waals surface area contributed by atoms with Gasteiger partial charge in [-0.2, -0.15) is 0 Å². The predicted octanol–water partition coefficient (Wildman–Crippen LogP) is 0.391. The number of hydrogen-bond donors (Lipinski definition) is 2. The lowest BCUT2D eigenvalue weighted by atomic mass is 10.3. The minimum Gasteiger partial charge on any atom is -0.489 e. The van der Waals surface area contributed by atoms with Gasteiger partial charge in [0.15, 0.2) is 0 Å². The van der Waals surface area contributed by atoms with Crippen LogP contribution in [0.3, 0.4) is 0 Å². The minimum absolute atomic E-state index is 0.0352. The number of H-pyrrole nitrogens is 2. The second-order valence-electron chi connectivity index (χ2n) is 4.62. The van der Waals surface area contributed by atoms with Crippen molar-refractivity contribution in [2.45, 2.75) is 12.5 Å². The molecule has 7 heteroatoms. The monoisotopic (exact) mass is 274 g/mol. The van der Waals surface area contributed by atoms with E-state index in [1.807, 2.05) is 30.3 Å². The molecule has 1 saturated heterocycles. The molecule has 104 valence electrons. The zero-order chi connectivity index (χ0) is 13.9. The average Bonchev–Trinajstić information content (AvgIpc) is 3.08. The van der Waals surface area contributed by atoms with Crippen molar-refractivity contribution in [2.24, 2.45) is 0 Å². The molecule has 2 N–H and O–H groups in total. The van der Waals surface area contributed by atoms with Crippen LogP contribution in [-0.2, 0) is 0 Å². The van der Waals surface area contributed by atoms with Crippen LogP contribution in [-0.4, -0.2) is 45.2 Å². The molecule has 7 nitrogen and oxygen atoms in total. The van der Waals surface area contributed by atoms with Gasteiger partial charge in [-0.1, -0.05) is 18.2 Å². The molecular weight excluding hydrogens is 260 g/mol. The first-order chi connectivity index (χ1) is 9.72. The van der Waals surface area contributed by atoms with Gasteiger partial charge in [-0.25, -0.2) is 9.89 Å². The van der Waals surface area contributed by atoms with Gasteiger partial charge in [0.1, 0.15) is 11.9 Å². The number of benzene rings is 1. The van der Waals surface area contributed by atoms with Gasteiger partial charge in [-0.05, 0) is 12.1 Å². The van der Waals surface area contributed by atoms with E-state index in [1.165, 1.54) is 0 Å². The van der Waals surface area contributed by atoms with Crippen molar-refractivity contribution in [1.29, 1.82) is 0 Å². The van der Waals surface area contributed by atoms with Crippen molar-refractivity contribution in [3.63, 3.8) is 0 Å². The van der Waals surface area contributed by atoms with E-state index in [-0.39, 0.29) is 17.8 Å². The number of nitrogens with zero attached hydrogens (tertiary/aromatic N) is 2. The summed E-state index contributed by atoms with van der Waals surface area (Å²) in [7, 11) is 0. The zero-order valence-electron chi connectivity index (χ0n) is 10.7. The Morgan fingerprint density at radius 2 is 2.15 bits per heavy atom. The second-order valence-corrected chi connectivity index (χ2v) is 4.62. The molecule has 1 aliphatic heterocycles. The fourth-order valence-electron chi connectivity index (χ4n) is 2.22. The van der Waals surface area contributed by atoms with Crippen LogP contribution in [0.25, 0.3) is 0 Å². The maximum atomic E-state index is 12.1. The van der Waals surface area contributed by atoms with Crippen LogP contribution in [0.4, 0.5) is 0 Å². The van der Waals surface area contributed by atoms with Crippen molar-refractivity contribution < 1.29 is 9.53 Å². The molecule has 1 atom stereocenters. The number of ether oxygens (including phenoxy) is 1. The lowest BCUT2D eigenvalue weighted by Crippen LogP contribution is -2.31. The molecule has 0 aliphatic carbocycles. The molecule has 3 rings (SSSR count). The maximum absolute atomic E-state index is 12.1. The summed E-state index contributed by atoms with van der Waals surface area (Å²) in [5.74, 6) is 0.540. The van der Waals surface area contributed by atoms with Crippen molar-refractivity contribution in [2.75, 3.05) is 13.1 Å². The van der Waals surface area contributed by atoms with Crippen LogP contribution in [0.15, 0.2) is 35.1 Å². The van der Waals surface area contributed by atoms with Gasteiger partial charge in [0, 0.05) is 13.0 Å². The first-order valence-corrected chi connectivity index (χ1v) is 6.38. The molecule has 0 saturated carbocycles. The number of aromatic nitrogens is 3. The third-order valence-electron chi connectivity index (χ3n) is 3.18. The van der Waals surface area contributed by atoms with Gasteiger partial charge in [-0.3, -0.25) is 9.78 Å². The molecule has 1 fully saturated rings. The number of rotatable bonds is 3. The van der Waals surface area contributed by atoms with Crippen LogP contribution in [0.1, 0.15) is 17.0 Å². The number of aromatic amines is 2. The van der Waals surface area contributed by atoms with Gasteiger partial charge >= 0.3 is 5.69 Å². The fourth-order valence-corrected chi connectivity index (χ4v) is 2.22. The van der Waals surface area contributed by atoms with Crippen molar-refractivity contribution in [3.05, 3.63) is 46.6 Å². The summed E-state index contributed by atoms with van der Waals surface area (Å²) in [5.41, 5.74) is -0.482. The second kappa shape index (κ2) is 5.20. The third-order valence-corrected chi connectivity index (χ3v) is 3.18. The lowest BCUT2D eigenvalue weighted by Gasteiger charge is -2.15. The van der Waals surface area contributed by atoms with Gasteiger partial charge in [0.05, 0.1) is 6.54 Å². The van der Waals surface area contributed by atoms with E-state index in [2.05, 4.69) is 15.2 Å². The largest absolute Gasteiger partial charge is 0.489 e. The molecule has 0 bridgehead atoms. The Hall–Kier alpha value is -2.57. The minimum atomic E-state index is -0.482. The van der Waals surface area contributed by atoms with Gasteiger partial charge in [-0.15, -0.1) is 5.10 Å². The highest BCUT2D eigenvalue weighted by molar-refractivity contribution is 5.90. The summed E-state index contributed by atoms with van der Waals surface area (Å²) in [4.78, 5) is 27.0. The number of para-hydroxylation sites is 1. The Morgan fingerprint density at radius 3 is 2.85 bits per heavy atom. The molecule has 0 unspecified atom stereocenters. The molecule has 0 spiro atoms. The van der Waals surface area contributed by atoms with Gasteiger partial charge in [0.2, 0.25) is 5.82 Å². The summed E-state index contributed by atoms with van der Waals surface area (Å²) < 4.78 is 5.80. The van der Waals surface area contributed by atoms with E-state index in [0.717, 1.165) is 12.2 Å². The Labute approximate surface area is 114 Å². The lowest BCUT2D eigenvalue weighted by molar-refractivity contribution is 0.0761. The molecule has 0 radical (unpaired) electrons. The first kappa shape index (κ1) is 12.5. The van der Waals surface area contributed by atoms with Crippen molar-refractivity contribution in [3.8, 4) is 5.75 Å². The summed E-state index contributed by atoms with van der Waals surface area (Å²) in [6, 6.07) is 9.50. The number of nitrogens with one attached hydrogen (secondary N) is 2. The van der Waals surface area contributed by atoms with Gasteiger partial charge in [0.25, 0.3) is 5.91 Å². The molecule has 2 heterocycles. The number of likely N-dealkylation sites (tertiary alicyclic amines) is 1. The Bertz CT molecular complexity index is 649. The van der Waals surface area contributed by atoms with Gasteiger partial charge < -0.3 is 9.64 Å². The Balaban J connectivity index is 1.62. The summed E-state index contributed by atoms with van der Waals surface area (Å²) in [5, 5.41) is 5.83. The molecule has 1 aromatic heterocycles. The SMILES string of the molecule is O=C(c1n[nH]c(=O)[nH]1)N1CC[C@@H](Oc2ccccc2)C1. The average molecular weight is 274 g/mol. The maximum Gasteiger partial charge on any atom is 0.341 e. The van der Waals surface area contributed by atoms with E-state index in [1.54, 1.807) is 4.90 Å². The van der Waals surface area contributed by atoms with Crippen LogP contribution in [0, 0.1) is 0 Å². The Morgan fingerprint density at radius 1 is 1.35 bits per heavy atom. The standard InChI is InChI=1S/C13H14N4O3/c18-12(11-14-13(19)16-15-11)17-7-6-10(8-17)20-9-4-2-1-3-5-9/h1-5,10H,6-8H2,(H2,14,15,16,19)/t10-/m1/s1. The quantitative estimate of drug-likeness (QED) is 0.847. The summed E-state index contributed by atoms with van der Waals surface area (Å²) in [6.07, 6.45) is 0.724. The van der Waals surface area contributed by atoms with Crippen LogP contribution < -0.4 is 10.4 Å². The fraction of sp³-hybridized carbons (Fsp3) is 0.308. The van der Waals surface area contributed by atoms with E-state index >= 15 is 0 Å². The van der Waals surface area contributed by atoms with Crippen LogP contribution >= 0.6 is 0 Å². The smallest absolute Gasteiger partial charge is 0.341 e. The van der Waals surface area contributed by atoms with E-state index in [9.17, 15) is 9.59 Å². The molecular formula is C13H14N4O3. The highest BCUT2D eigenvalue weighted by Gasteiger charge is 2.29. The van der Waals surface area contributed by atoms with E-state index < -0.39 is 5.69 Å². The molecule has 1 amide bonds. The van der Waals surface area contributed by atoms with Crippen molar-refractivity contribution >= 4 is 5.91 Å². The van der Waals surface area contributed by atoms with E-state index in [0.29, 0.717) is 13.1 Å². The number of hydrogen-bond acceptors (Lipinski definition) is 4. The number of carbonyl (C=O) groups is 1. The van der Waals surface area contributed by atoms with Crippen LogP contribution in [0.2, 0.25) is 0 Å². The Kier molecular flexibility index (Phi) is 3.24. The summed E-state index contributed by atoms with van der Waals surface area (Å²) >= 11 is 0. The highest BCUT2D eigenvalue weighted by Crippen LogP contribution is 2.18. The van der Waals surface area contributed by atoms with Crippen molar-refractivity contribution in [1.82, 2.24) is 20.1 Å². The van der Waals surface area contributed by atoms with Crippen LogP contribution in [0.5, 0.6) is 5.75 Å². The number of amides is 1. The van der Waals surface area contributed by atoms with E-state index in [4.69, 9.17) is 4.74 Å². The molecule has 2 aromatic rings. The zero-order valence-corrected chi connectivity index (χ0v) is 10.7. The molecule has 20 heavy (non-hydrogen) atoms. The summed E-state index contributed by atoms with van der Waals surface area (Å²) in [6.45, 7) is 1.08. The molecule has 1 aliphatic rings. The number of carbonyl (C=O) groups excluding carboxylic acids is 1. The third kappa shape index (κ3) is 2.56. The first-order valence-electron chi connectivity index (χ1n) is 6.38. The topological polar surface area (TPSA) is 91.1 Å². The predicted molar refractivity (Wildman–Crippen MR) is 70.6 cm³/mol. The molecule has 1 aromatic carbocycles. The normalized spacial score (nSPS) is 18.2. The highest BCUT2D eigenvalue weighted by atomic mass is 16.5.